The van der Waals surface area contributed by atoms with Crippen molar-refractivity contribution in [3.63, 3.8) is 0 Å². The van der Waals surface area contributed by atoms with Gasteiger partial charge in [0, 0.05) is 25.8 Å². The number of rotatable bonds is 3. The molecule has 0 saturated carbocycles. The third kappa shape index (κ3) is 4.57. The van der Waals surface area contributed by atoms with E-state index < -0.39 is 6.10 Å². The van der Waals surface area contributed by atoms with Crippen LogP contribution < -0.4 is 16.0 Å². The minimum absolute atomic E-state index is 0. The van der Waals surface area contributed by atoms with Crippen molar-refractivity contribution >= 4 is 41.5 Å². The molecule has 1 atom stereocenters. The van der Waals surface area contributed by atoms with Crippen LogP contribution in [0.5, 0.6) is 0 Å². The number of morpholine rings is 1. The average molecular weight is 334 g/mol. The Balaban J connectivity index is 0.00000220. The van der Waals surface area contributed by atoms with Crippen LogP contribution in [-0.2, 0) is 9.53 Å². The van der Waals surface area contributed by atoms with Crippen LogP contribution >= 0.6 is 24.0 Å². The Morgan fingerprint density at radius 1 is 1.43 bits per heavy atom. The molecule has 21 heavy (non-hydrogen) atoms. The van der Waals surface area contributed by atoms with Crippen molar-refractivity contribution in [2.24, 2.45) is 0 Å². The number of ether oxygens (including phenoxy) is 1. The zero-order valence-corrected chi connectivity index (χ0v) is 13.0. The molecular formula is C13H17Cl2N3O3. The second-order valence-electron chi connectivity index (χ2n) is 4.33. The van der Waals surface area contributed by atoms with Gasteiger partial charge in [-0.1, -0.05) is 11.6 Å². The first kappa shape index (κ1) is 17.7. The Morgan fingerprint density at radius 2 is 2.19 bits per heavy atom. The van der Waals surface area contributed by atoms with E-state index in [1.165, 1.54) is 7.05 Å². The zero-order chi connectivity index (χ0) is 14.5. The summed E-state index contributed by atoms with van der Waals surface area (Å²) in [5, 5.41) is 8.57. The molecule has 1 saturated heterocycles. The maximum atomic E-state index is 12.0. The van der Waals surface area contributed by atoms with Crippen LogP contribution in [0.3, 0.4) is 0 Å². The first-order valence-corrected chi connectivity index (χ1v) is 6.64. The van der Waals surface area contributed by atoms with Gasteiger partial charge in [0.1, 0.15) is 6.10 Å². The standard InChI is InChI=1S/C13H16ClN3O3.ClH/c1-15-12(18)9-3-2-8(6-10(9)14)17-13(19)11-7-16-4-5-20-11;/h2-3,6,11,16H,4-5,7H2,1H3,(H,15,18)(H,17,19);1H. The van der Waals surface area contributed by atoms with Crippen LogP contribution in [0.1, 0.15) is 10.4 Å². The summed E-state index contributed by atoms with van der Waals surface area (Å²) in [4.78, 5) is 23.5. The summed E-state index contributed by atoms with van der Waals surface area (Å²) < 4.78 is 5.35. The predicted octanol–water partition coefficient (Wildman–Crippen LogP) is 1.05. The third-order valence-electron chi connectivity index (χ3n) is 2.93. The first-order valence-electron chi connectivity index (χ1n) is 6.26. The minimum atomic E-state index is -0.513. The van der Waals surface area contributed by atoms with Gasteiger partial charge < -0.3 is 20.7 Å². The summed E-state index contributed by atoms with van der Waals surface area (Å²) in [7, 11) is 1.53. The lowest BCUT2D eigenvalue weighted by atomic mass is 10.2. The largest absolute Gasteiger partial charge is 0.366 e. The van der Waals surface area contributed by atoms with Crippen molar-refractivity contribution in [1.29, 1.82) is 0 Å². The van der Waals surface area contributed by atoms with E-state index in [0.29, 0.717) is 24.4 Å². The second kappa shape index (κ2) is 8.19. The Labute approximate surface area is 134 Å². The second-order valence-corrected chi connectivity index (χ2v) is 4.73. The maximum Gasteiger partial charge on any atom is 0.254 e. The van der Waals surface area contributed by atoms with Crippen LogP contribution in [0.15, 0.2) is 18.2 Å². The molecule has 2 rings (SSSR count). The van der Waals surface area contributed by atoms with Gasteiger partial charge in [-0.3, -0.25) is 9.59 Å². The van der Waals surface area contributed by atoms with Crippen molar-refractivity contribution < 1.29 is 14.3 Å². The molecule has 1 aliphatic rings. The van der Waals surface area contributed by atoms with Crippen LogP contribution in [-0.4, -0.2) is 44.7 Å². The van der Waals surface area contributed by atoms with E-state index in [2.05, 4.69) is 16.0 Å². The summed E-state index contributed by atoms with van der Waals surface area (Å²) in [6.07, 6.45) is -0.513. The summed E-state index contributed by atoms with van der Waals surface area (Å²) in [6.45, 7) is 1.74. The number of nitrogens with one attached hydrogen (secondary N) is 3. The molecule has 0 bridgehead atoms. The molecule has 1 aromatic rings. The number of carbonyl (C=O) groups is 2. The van der Waals surface area contributed by atoms with Gasteiger partial charge in [0.15, 0.2) is 0 Å². The number of anilines is 1. The molecule has 2 amide bonds. The minimum Gasteiger partial charge on any atom is -0.366 e. The van der Waals surface area contributed by atoms with Gasteiger partial charge in [-0.2, -0.15) is 0 Å². The number of hydrogen-bond donors (Lipinski definition) is 3. The van der Waals surface area contributed by atoms with Gasteiger partial charge in [0.05, 0.1) is 17.2 Å². The van der Waals surface area contributed by atoms with E-state index in [1.54, 1.807) is 18.2 Å². The molecule has 0 radical (unpaired) electrons. The first-order chi connectivity index (χ1) is 9.61. The lowest BCUT2D eigenvalue weighted by Crippen LogP contribution is -2.45. The van der Waals surface area contributed by atoms with Gasteiger partial charge in [-0.05, 0) is 18.2 Å². The topological polar surface area (TPSA) is 79.5 Å². The van der Waals surface area contributed by atoms with Crippen LogP contribution in [0, 0.1) is 0 Å². The third-order valence-corrected chi connectivity index (χ3v) is 3.24. The molecule has 1 aromatic carbocycles. The number of benzene rings is 1. The molecule has 0 aliphatic carbocycles. The molecule has 116 valence electrons. The van der Waals surface area contributed by atoms with E-state index in [1.807, 2.05) is 0 Å². The fourth-order valence-electron chi connectivity index (χ4n) is 1.87. The Hall–Kier alpha value is -1.34. The average Bonchev–Trinajstić information content (AvgIpc) is 2.47. The summed E-state index contributed by atoms with van der Waals surface area (Å²) in [5.74, 6) is -0.506. The van der Waals surface area contributed by atoms with E-state index in [-0.39, 0.29) is 29.2 Å². The van der Waals surface area contributed by atoms with Gasteiger partial charge in [-0.25, -0.2) is 0 Å². The normalized spacial score (nSPS) is 17.5. The summed E-state index contributed by atoms with van der Waals surface area (Å²) >= 11 is 6.02. The van der Waals surface area contributed by atoms with Crippen LogP contribution in [0.2, 0.25) is 5.02 Å². The van der Waals surface area contributed by atoms with E-state index in [9.17, 15) is 9.59 Å². The molecule has 0 spiro atoms. The highest BCUT2D eigenvalue weighted by atomic mass is 35.5. The van der Waals surface area contributed by atoms with Crippen molar-refractivity contribution in [2.75, 3.05) is 32.1 Å². The highest BCUT2D eigenvalue weighted by molar-refractivity contribution is 6.34. The van der Waals surface area contributed by atoms with E-state index >= 15 is 0 Å². The van der Waals surface area contributed by atoms with Gasteiger partial charge in [0.25, 0.3) is 11.8 Å². The fourth-order valence-corrected chi connectivity index (χ4v) is 2.13. The van der Waals surface area contributed by atoms with Gasteiger partial charge >= 0.3 is 0 Å². The molecule has 6 nitrogen and oxygen atoms in total. The SMILES string of the molecule is CNC(=O)c1ccc(NC(=O)C2CNCCO2)cc1Cl.Cl. The predicted molar refractivity (Wildman–Crippen MR) is 83.3 cm³/mol. The molecule has 3 N–H and O–H groups in total. The van der Waals surface area contributed by atoms with E-state index in [0.717, 1.165) is 6.54 Å². The molecule has 8 heteroatoms. The monoisotopic (exact) mass is 333 g/mol. The van der Waals surface area contributed by atoms with E-state index in [4.69, 9.17) is 16.3 Å². The number of amides is 2. The zero-order valence-electron chi connectivity index (χ0n) is 11.4. The number of carbonyl (C=O) groups excluding carboxylic acids is 2. The van der Waals surface area contributed by atoms with Crippen LogP contribution in [0.25, 0.3) is 0 Å². The summed E-state index contributed by atoms with van der Waals surface area (Å²) in [6, 6.07) is 4.74. The lowest BCUT2D eigenvalue weighted by molar-refractivity contribution is -0.128. The molecular weight excluding hydrogens is 317 g/mol. The van der Waals surface area contributed by atoms with Gasteiger partial charge in [0.2, 0.25) is 0 Å². The highest BCUT2D eigenvalue weighted by Gasteiger charge is 2.22. The molecule has 1 unspecified atom stereocenters. The smallest absolute Gasteiger partial charge is 0.254 e. The maximum absolute atomic E-state index is 12.0. The molecule has 1 fully saturated rings. The Kier molecular flexibility index (Phi) is 6.91. The van der Waals surface area contributed by atoms with Gasteiger partial charge in [-0.15, -0.1) is 12.4 Å². The molecule has 1 aliphatic heterocycles. The lowest BCUT2D eigenvalue weighted by Gasteiger charge is -2.22. The number of hydrogen-bond acceptors (Lipinski definition) is 4. The fraction of sp³-hybridized carbons (Fsp3) is 0.385. The Morgan fingerprint density at radius 3 is 2.76 bits per heavy atom. The van der Waals surface area contributed by atoms with Crippen molar-refractivity contribution in [3.8, 4) is 0 Å². The van der Waals surface area contributed by atoms with Crippen molar-refractivity contribution in [3.05, 3.63) is 28.8 Å². The molecule has 0 aromatic heterocycles. The Bertz CT molecular complexity index is 519. The molecule has 1 heterocycles. The van der Waals surface area contributed by atoms with Crippen molar-refractivity contribution in [2.45, 2.75) is 6.10 Å². The van der Waals surface area contributed by atoms with Crippen molar-refractivity contribution in [1.82, 2.24) is 10.6 Å². The quantitative estimate of drug-likeness (QED) is 0.772. The highest BCUT2D eigenvalue weighted by Crippen LogP contribution is 2.21. The summed E-state index contributed by atoms with van der Waals surface area (Å²) in [5.41, 5.74) is 0.893. The number of halogens is 2. The van der Waals surface area contributed by atoms with Crippen LogP contribution in [0.4, 0.5) is 5.69 Å².